The molecule has 0 unspecified atom stereocenters. The summed E-state index contributed by atoms with van der Waals surface area (Å²) in [5.74, 6) is 1.47. The molecular weight excluding hydrogens is 396 g/mol. The van der Waals surface area contributed by atoms with E-state index < -0.39 is 10.0 Å². The smallest absolute Gasteiger partial charge is 0.240 e. The number of benzene rings is 2. The lowest BCUT2D eigenvalue weighted by Crippen LogP contribution is -2.23. The largest absolute Gasteiger partial charge is 0.468 e. The third kappa shape index (κ3) is 5.98. The Bertz CT molecular complexity index is 986. The van der Waals surface area contributed by atoms with Gasteiger partial charge in [0.05, 0.1) is 23.5 Å². The molecule has 2 N–H and O–H groups in total. The first-order chi connectivity index (χ1) is 13.5. The number of carbonyl (C=O) groups is 1. The van der Waals surface area contributed by atoms with Crippen LogP contribution in [0.3, 0.4) is 0 Å². The zero-order chi connectivity index (χ0) is 19.8. The van der Waals surface area contributed by atoms with Crippen molar-refractivity contribution in [2.45, 2.75) is 17.2 Å². The van der Waals surface area contributed by atoms with Gasteiger partial charge in [-0.2, -0.15) is 0 Å². The number of thioether (sulfide) groups is 1. The number of anilines is 1. The number of hydrogen-bond donors (Lipinski definition) is 2. The Morgan fingerprint density at radius 2 is 1.71 bits per heavy atom. The van der Waals surface area contributed by atoms with Gasteiger partial charge >= 0.3 is 0 Å². The summed E-state index contributed by atoms with van der Waals surface area (Å²) < 4.78 is 32.2. The van der Waals surface area contributed by atoms with E-state index in [4.69, 9.17) is 4.42 Å². The van der Waals surface area contributed by atoms with Crippen molar-refractivity contribution in [3.8, 4) is 0 Å². The average molecular weight is 417 g/mol. The predicted octanol–water partition coefficient (Wildman–Crippen LogP) is 3.63. The van der Waals surface area contributed by atoms with E-state index in [0.29, 0.717) is 17.2 Å². The Balaban J connectivity index is 1.48. The summed E-state index contributed by atoms with van der Waals surface area (Å²) in [6.45, 7) is 0.0759. The highest BCUT2D eigenvalue weighted by molar-refractivity contribution is 7.99. The fourth-order valence-corrected chi connectivity index (χ4v) is 4.19. The molecule has 3 rings (SSSR count). The lowest BCUT2D eigenvalue weighted by molar-refractivity contribution is -0.113. The summed E-state index contributed by atoms with van der Waals surface area (Å²) >= 11 is 1.52. The normalized spacial score (nSPS) is 11.3. The molecule has 0 atom stereocenters. The van der Waals surface area contributed by atoms with Gasteiger partial charge in [0.2, 0.25) is 15.9 Å². The monoisotopic (exact) mass is 416 g/mol. The third-order valence-corrected chi connectivity index (χ3v) is 6.23. The van der Waals surface area contributed by atoms with Crippen molar-refractivity contribution in [1.29, 1.82) is 0 Å². The van der Waals surface area contributed by atoms with Crippen molar-refractivity contribution in [2.24, 2.45) is 0 Å². The van der Waals surface area contributed by atoms with Gasteiger partial charge in [0, 0.05) is 11.4 Å². The number of rotatable bonds is 9. The Hall–Kier alpha value is -2.55. The van der Waals surface area contributed by atoms with Crippen molar-refractivity contribution < 1.29 is 17.6 Å². The minimum atomic E-state index is -3.65. The SMILES string of the molecule is O=C(CSCc1ccccc1)Nc1ccc(S(=O)(=O)NCc2ccco2)cc1. The van der Waals surface area contributed by atoms with Crippen molar-refractivity contribution >= 4 is 33.4 Å². The molecule has 28 heavy (non-hydrogen) atoms. The molecule has 0 radical (unpaired) electrons. The van der Waals surface area contributed by atoms with Crippen LogP contribution < -0.4 is 10.0 Å². The number of hydrogen-bond acceptors (Lipinski definition) is 5. The molecule has 8 heteroatoms. The molecule has 0 aliphatic rings. The van der Waals surface area contributed by atoms with E-state index in [1.807, 2.05) is 30.3 Å². The molecule has 1 amide bonds. The number of nitrogens with one attached hydrogen (secondary N) is 2. The molecule has 3 aromatic rings. The molecule has 0 aliphatic heterocycles. The molecule has 0 bridgehead atoms. The maximum Gasteiger partial charge on any atom is 0.240 e. The van der Waals surface area contributed by atoms with Crippen molar-refractivity contribution in [3.63, 3.8) is 0 Å². The summed E-state index contributed by atoms with van der Waals surface area (Å²) in [7, 11) is -3.65. The number of amides is 1. The van der Waals surface area contributed by atoms with Crippen LogP contribution in [0.25, 0.3) is 0 Å². The maximum absolute atomic E-state index is 12.3. The predicted molar refractivity (Wildman–Crippen MR) is 110 cm³/mol. The first-order valence-corrected chi connectivity index (χ1v) is 11.2. The zero-order valence-electron chi connectivity index (χ0n) is 15.0. The third-order valence-electron chi connectivity index (χ3n) is 3.81. The van der Waals surface area contributed by atoms with Crippen LogP contribution in [0.15, 0.2) is 82.3 Å². The number of sulfonamides is 1. The lowest BCUT2D eigenvalue weighted by atomic mass is 10.2. The Morgan fingerprint density at radius 3 is 2.39 bits per heavy atom. The van der Waals surface area contributed by atoms with Crippen molar-refractivity contribution in [2.75, 3.05) is 11.1 Å². The maximum atomic E-state index is 12.3. The van der Waals surface area contributed by atoms with Crippen LogP contribution in [-0.2, 0) is 27.1 Å². The topological polar surface area (TPSA) is 88.4 Å². The second-order valence-corrected chi connectivity index (χ2v) is 8.71. The highest BCUT2D eigenvalue weighted by Gasteiger charge is 2.14. The highest BCUT2D eigenvalue weighted by Crippen LogP contribution is 2.16. The molecule has 6 nitrogen and oxygen atoms in total. The second kappa shape index (κ2) is 9.59. The lowest BCUT2D eigenvalue weighted by Gasteiger charge is -2.08. The summed E-state index contributed by atoms with van der Waals surface area (Å²) in [6, 6.07) is 19.4. The summed E-state index contributed by atoms with van der Waals surface area (Å²) in [5, 5.41) is 2.77. The van der Waals surface area contributed by atoms with E-state index in [2.05, 4.69) is 10.0 Å². The molecule has 146 valence electrons. The highest BCUT2D eigenvalue weighted by atomic mass is 32.2. The van der Waals surface area contributed by atoms with Crippen LogP contribution in [-0.4, -0.2) is 20.1 Å². The van der Waals surface area contributed by atoms with Crippen LogP contribution in [0.1, 0.15) is 11.3 Å². The minimum absolute atomic E-state index is 0.0759. The summed E-state index contributed by atoms with van der Waals surface area (Å²) in [4.78, 5) is 12.2. The van der Waals surface area contributed by atoms with Gasteiger partial charge in [-0.15, -0.1) is 11.8 Å². The van der Waals surface area contributed by atoms with Crippen LogP contribution >= 0.6 is 11.8 Å². The van der Waals surface area contributed by atoms with Crippen LogP contribution in [0.4, 0.5) is 5.69 Å². The number of carbonyl (C=O) groups excluding carboxylic acids is 1. The summed E-state index contributed by atoms with van der Waals surface area (Å²) in [6.07, 6.45) is 1.49. The van der Waals surface area contributed by atoms with Gasteiger partial charge in [0.1, 0.15) is 5.76 Å². The Kier molecular flexibility index (Phi) is 6.91. The average Bonchev–Trinajstić information content (AvgIpc) is 3.21. The Labute approximate surface area is 168 Å². The minimum Gasteiger partial charge on any atom is -0.468 e. The molecule has 0 spiro atoms. The van der Waals surface area contributed by atoms with Crippen LogP contribution in [0.2, 0.25) is 0 Å². The van der Waals surface area contributed by atoms with Gasteiger partial charge < -0.3 is 9.73 Å². The van der Waals surface area contributed by atoms with Gasteiger partial charge in [-0.3, -0.25) is 4.79 Å². The summed E-state index contributed by atoms with van der Waals surface area (Å²) in [5.41, 5.74) is 1.72. The molecule has 2 aromatic carbocycles. The van der Waals surface area contributed by atoms with Gasteiger partial charge in [0.15, 0.2) is 0 Å². The zero-order valence-corrected chi connectivity index (χ0v) is 16.6. The first kappa shape index (κ1) is 20.2. The quantitative estimate of drug-likeness (QED) is 0.556. The Morgan fingerprint density at radius 1 is 0.964 bits per heavy atom. The van der Waals surface area contributed by atoms with E-state index in [1.165, 1.54) is 30.2 Å². The van der Waals surface area contributed by atoms with E-state index in [0.717, 1.165) is 11.3 Å². The molecule has 0 aliphatic carbocycles. The molecule has 0 saturated carbocycles. The fourth-order valence-electron chi connectivity index (χ4n) is 2.41. The van der Waals surface area contributed by atoms with Crippen LogP contribution in [0.5, 0.6) is 0 Å². The van der Waals surface area contributed by atoms with E-state index in [-0.39, 0.29) is 17.3 Å². The van der Waals surface area contributed by atoms with E-state index in [1.54, 1.807) is 24.3 Å². The van der Waals surface area contributed by atoms with E-state index in [9.17, 15) is 13.2 Å². The molecule has 0 fully saturated rings. The first-order valence-electron chi connectivity index (χ1n) is 8.56. The van der Waals surface area contributed by atoms with Crippen LogP contribution in [0, 0.1) is 0 Å². The van der Waals surface area contributed by atoms with Gasteiger partial charge in [-0.25, -0.2) is 13.1 Å². The number of furan rings is 1. The second-order valence-electron chi connectivity index (χ2n) is 5.95. The van der Waals surface area contributed by atoms with Gasteiger partial charge in [0.25, 0.3) is 0 Å². The fraction of sp³-hybridized carbons (Fsp3) is 0.150. The van der Waals surface area contributed by atoms with Gasteiger partial charge in [-0.05, 0) is 42.0 Å². The van der Waals surface area contributed by atoms with Crippen molar-refractivity contribution in [1.82, 2.24) is 4.72 Å². The molecule has 1 aromatic heterocycles. The molecule has 0 saturated heterocycles. The van der Waals surface area contributed by atoms with E-state index >= 15 is 0 Å². The standard InChI is InChI=1S/C20H20N2O4S2/c23-20(15-27-14-16-5-2-1-3-6-16)22-17-8-10-19(11-9-17)28(24,25)21-13-18-7-4-12-26-18/h1-12,21H,13-15H2,(H,22,23). The van der Waals surface area contributed by atoms with Gasteiger partial charge in [-0.1, -0.05) is 30.3 Å². The van der Waals surface area contributed by atoms with Crippen molar-refractivity contribution in [3.05, 3.63) is 84.3 Å². The molecular formula is C20H20N2O4S2. The molecule has 1 heterocycles.